The Hall–Kier alpha value is -1.80. The number of benzene rings is 2. The third-order valence-electron chi connectivity index (χ3n) is 3.57. The van der Waals surface area contributed by atoms with Crippen molar-refractivity contribution in [2.75, 3.05) is 0 Å². The Balaban J connectivity index is 2.44. The molecule has 0 amide bonds. The van der Waals surface area contributed by atoms with Crippen molar-refractivity contribution in [3.05, 3.63) is 58.1 Å². The van der Waals surface area contributed by atoms with E-state index in [1.807, 2.05) is 12.1 Å². The maximum absolute atomic E-state index is 6.14. The van der Waals surface area contributed by atoms with E-state index in [0.29, 0.717) is 6.54 Å². The highest BCUT2D eigenvalue weighted by Gasteiger charge is 2.09. The van der Waals surface area contributed by atoms with Crippen molar-refractivity contribution >= 4 is 0 Å². The fourth-order valence-electron chi connectivity index (χ4n) is 2.07. The predicted molar refractivity (Wildman–Crippen MR) is 79.8 cm³/mol. The zero-order valence-electron chi connectivity index (χ0n) is 12.1. The molecular formula is C17H21NO. The molecule has 2 N–H and O–H groups in total. The zero-order chi connectivity index (χ0) is 14.0. The summed E-state index contributed by atoms with van der Waals surface area (Å²) in [5.74, 6) is 1.84. The van der Waals surface area contributed by atoms with E-state index in [0.717, 1.165) is 28.2 Å². The Morgan fingerprint density at radius 1 is 0.895 bits per heavy atom. The molecule has 0 aromatic heterocycles. The van der Waals surface area contributed by atoms with E-state index in [4.69, 9.17) is 10.5 Å². The van der Waals surface area contributed by atoms with E-state index < -0.39 is 0 Å². The van der Waals surface area contributed by atoms with Crippen LogP contribution in [-0.2, 0) is 6.54 Å². The summed E-state index contributed by atoms with van der Waals surface area (Å²) in [4.78, 5) is 0. The van der Waals surface area contributed by atoms with Gasteiger partial charge in [0, 0.05) is 6.54 Å². The van der Waals surface area contributed by atoms with Crippen molar-refractivity contribution in [1.82, 2.24) is 0 Å². The van der Waals surface area contributed by atoms with Crippen molar-refractivity contribution in [2.24, 2.45) is 5.73 Å². The lowest BCUT2D eigenvalue weighted by molar-refractivity contribution is 0.470. The molecule has 2 rings (SSSR count). The molecule has 0 saturated heterocycles. The van der Waals surface area contributed by atoms with Gasteiger partial charge in [0.2, 0.25) is 0 Å². The summed E-state index contributed by atoms with van der Waals surface area (Å²) < 4.78 is 6.14. The van der Waals surface area contributed by atoms with Gasteiger partial charge in [-0.05, 0) is 61.6 Å². The largest absolute Gasteiger partial charge is 0.457 e. The average Bonchev–Trinajstić information content (AvgIpc) is 2.41. The van der Waals surface area contributed by atoms with Crippen LogP contribution >= 0.6 is 0 Å². The number of aryl methyl sites for hydroxylation is 3. The Bertz CT molecular complexity index is 602. The minimum absolute atomic E-state index is 0.530. The Morgan fingerprint density at radius 3 is 2.21 bits per heavy atom. The van der Waals surface area contributed by atoms with E-state index in [1.165, 1.54) is 11.1 Å². The summed E-state index contributed by atoms with van der Waals surface area (Å²) >= 11 is 0. The van der Waals surface area contributed by atoms with Crippen LogP contribution in [0.3, 0.4) is 0 Å². The third kappa shape index (κ3) is 2.79. The van der Waals surface area contributed by atoms with Crippen molar-refractivity contribution in [3.63, 3.8) is 0 Å². The number of rotatable bonds is 3. The Labute approximate surface area is 115 Å². The van der Waals surface area contributed by atoms with E-state index in [1.54, 1.807) is 0 Å². The van der Waals surface area contributed by atoms with Gasteiger partial charge in [-0.2, -0.15) is 0 Å². The van der Waals surface area contributed by atoms with Gasteiger partial charge in [0.1, 0.15) is 11.5 Å². The molecule has 0 bridgehead atoms. The molecular weight excluding hydrogens is 234 g/mol. The molecule has 0 unspecified atom stereocenters. The van der Waals surface area contributed by atoms with Crippen LogP contribution in [0.25, 0.3) is 0 Å². The first-order valence-electron chi connectivity index (χ1n) is 6.57. The van der Waals surface area contributed by atoms with Gasteiger partial charge in [-0.3, -0.25) is 0 Å². The summed E-state index contributed by atoms with van der Waals surface area (Å²) in [5.41, 5.74) is 11.5. The van der Waals surface area contributed by atoms with Crippen molar-refractivity contribution in [1.29, 1.82) is 0 Å². The fraction of sp³-hybridized carbons (Fsp3) is 0.294. The highest BCUT2D eigenvalue weighted by Crippen LogP contribution is 2.32. The van der Waals surface area contributed by atoms with Gasteiger partial charge in [-0.25, -0.2) is 0 Å². The molecule has 0 spiro atoms. The lowest BCUT2D eigenvalue weighted by Gasteiger charge is -2.15. The standard InChI is InChI=1S/C17H21NO/c1-11-5-6-13(3)17(14(11)4)19-16-9-15(10-18)8-7-12(16)2/h5-9H,10,18H2,1-4H3. The minimum Gasteiger partial charge on any atom is -0.457 e. The second-order valence-corrected chi connectivity index (χ2v) is 5.06. The van der Waals surface area contributed by atoms with Gasteiger partial charge < -0.3 is 10.5 Å². The number of hydrogen-bond acceptors (Lipinski definition) is 2. The monoisotopic (exact) mass is 255 g/mol. The third-order valence-corrected chi connectivity index (χ3v) is 3.57. The smallest absolute Gasteiger partial charge is 0.133 e. The second kappa shape index (κ2) is 5.45. The molecule has 0 atom stereocenters. The molecule has 2 heteroatoms. The topological polar surface area (TPSA) is 35.2 Å². The lowest BCUT2D eigenvalue weighted by Crippen LogP contribution is -1.99. The van der Waals surface area contributed by atoms with Crippen LogP contribution in [0.2, 0.25) is 0 Å². The normalized spacial score (nSPS) is 10.6. The lowest BCUT2D eigenvalue weighted by atomic mass is 10.0. The van der Waals surface area contributed by atoms with Crippen LogP contribution in [0.1, 0.15) is 27.8 Å². The molecule has 0 saturated carbocycles. The molecule has 2 aromatic carbocycles. The summed E-state index contributed by atoms with van der Waals surface area (Å²) in [5, 5.41) is 0. The summed E-state index contributed by atoms with van der Waals surface area (Å²) in [7, 11) is 0. The maximum atomic E-state index is 6.14. The first kappa shape index (κ1) is 13.6. The molecule has 2 nitrogen and oxygen atoms in total. The van der Waals surface area contributed by atoms with Gasteiger partial charge in [-0.15, -0.1) is 0 Å². The van der Waals surface area contributed by atoms with Crippen LogP contribution in [0, 0.1) is 27.7 Å². The van der Waals surface area contributed by atoms with Gasteiger partial charge in [0.25, 0.3) is 0 Å². The molecule has 0 aliphatic heterocycles. The highest BCUT2D eigenvalue weighted by atomic mass is 16.5. The summed E-state index contributed by atoms with van der Waals surface area (Å²) in [6.07, 6.45) is 0. The van der Waals surface area contributed by atoms with Crippen LogP contribution in [0.4, 0.5) is 0 Å². The van der Waals surface area contributed by atoms with Gasteiger partial charge in [0.05, 0.1) is 0 Å². The molecule has 0 radical (unpaired) electrons. The molecule has 0 aliphatic rings. The fourth-order valence-corrected chi connectivity index (χ4v) is 2.07. The Kier molecular flexibility index (Phi) is 3.91. The molecule has 19 heavy (non-hydrogen) atoms. The van der Waals surface area contributed by atoms with E-state index in [-0.39, 0.29) is 0 Å². The molecule has 2 aromatic rings. The SMILES string of the molecule is Cc1ccc(CN)cc1Oc1c(C)ccc(C)c1C. The number of nitrogens with two attached hydrogens (primary N) is 1. The van der Waals surface area contributed by atoms with Gasteiger partial charge >= 0.3 is 0 Å². The molecule has 100 valence electrons. The van der Waals surface area contributed by atoms with E-state index in [2.05, 4.69) is 45.9 Å². The van der Waals surface area contributed by atoms with Gasteiger partial charge in [-0.1, -0.05) is 24.3 Å². The zero-order valence-corrected chi connectivity index (χ0v) is 12.1. The number of hydrogen-bond donors (Lipinski definition) is 1. The van der Waals surface area contributed by atoms with Crippen molar-refractivity contribution in [3.8, 4) is 11.5 Å². The first-order valence-corrected chi connectivity index (χ1v) is 6.57. The van der Waals surface area contributed by atoms with Crippen LogP contribution in [0.15, 0.2) is 30.3 Å². The molecule has 0 aliphatic carbocycles. The first-order chi connectivity index (χ1) is 9.02. The number of ether oxygens (including phenoxy) is 1. The molecule has 0 heterocycles. The predicted octanol–water partition coefficient (Wildman–Crippen LogP) is 4.17. The van der Waals surface area contributed by atoms with E-state index >= 15 is 0 Å². The van der Waals surface area contributed by atoms with Crippen molar-refractivity contribution in [2.45, 2.75) is 34.2 Å². The highest BCUT2D eigenvalue weighted by molar-refractivity contribution is 5.48. The summed E-state index contributed by atoms with van der Waals surface area (Å²) in [6.45, 7) is 8.85. The Morgan fingerprint density at radius 2 is 1.53 bits per heavy atom. The van der Waals surface area contributed by atoms with Crippen LogP contribution in [-0.4, -0.2) is 0 Å². The second-order valence-electron chi connectivity index (χ2n) is 5.06. The van der Waals surface area contributed by atoms with Crippen LogP contribution < -0.4 is 10.5 Å². The molecule has 0 fully saturated rings. The quantitative estimate of drug-likeness (QED) is 0.893. The van der Waals surface area contributed by atoms with Crippen LogP contribution in [0.5, 0.6) is 11.5 Å². The maximum Gasteiger partial charge on any atom is 0.133 e. The minimum atomic E-state index is 0.530. The average molecular weight is 255 g/mol. The summed E-state index contributed by atoms with van der Waals surface area (Å²) in [6, 6.07) is 10.3. The van der Waals surface area contributed by atoms with E-state index in [9.17, 15) is 0 Å². The van der Waals surface area contributed by atoms with Gasteiger partial charge in [0.15, 0.2) is 0 Å². The van der Waals surface area contributed by atoms with Crippen molar-refractivity contribution < 1.29 is 4.74 Å².